The third-order valence-corrected chi connectivity index (χ3v) is 5.11. The smallest absolute Gasteiger partial charge is 0.409 e. The number of hydrogen-bond acceptors (Lipinski definition) is 4. The highest BCUT2D eigenvalue weighted by molar-refractivity contribution is 5.67. The average Bonchev–Trinajstić information content (AvgIpc) is 2.72. The first kappa shape index (κ1) is 20.1. The van der Waals surface area contributed by atoms with E-state index in [0.29, 0.717) is 19.7 Å². The molecule has 28 heavy (non-hydrogen) atoms. The number of benzene rings is 2. The molecule has 3 rings (SSSR count). The number of hydrogen-bond donors (Lipinski definition) is 0. The van der Waals surface area contributed by atoms with Gasteiger partial charge in [0.05, 0.1) is 13.7 Å². The fourth-order valence-corrected chi connectivity index (χ4v) is 3.67. The van der Waals surface area contributed by atoms with E-state index in [1.54, 1.807) is 7.11 Å². The van der Waals surface area contributed by atoms with Crippen LogP contribution in [-0.4, -0.2) is 37.8 Å². The van der Waals surface area contributed by atoms with Crippen LogP contribution in [0.5, 0.6) is 17.2 Å². The van der Waals surface area contributed by atoms with E-state index in [1.807, 2.05) is 42.2 Å². The number of para-hydroxylation sites is 2. The monoisotopic (exact) mass is 383 g/mol. The van der Waals surface area contributed by atoms with Gasteiger partial charge in [0, 0.05) is 30.1 Å². The predicted octanol–water partition coefficient (Wildman–Crippen LogP) is 5.58. The van der Waals surface area contributed by atoms with Gasteiger partial charge < -0.3 is 19.1 Å². The molecule has 0 spiro atoms. The summed E-state index contributed by atoms with van der Waals surface area (Å²) in [5.74, 6) is 2.48. The van der Waals surface area contributed by atoms with Gasteiger partial charge in [0.15, 0.2) is 11.5 Å². The van der Waals surface area contributed by atoms with Crippen LogP contribution in [0.1, 0.15) is 50.2 Å². The molecule has 0 aliphatic carbocycles. The average molecular weight is 383 g/mol. The number of carbonyl (C=O) groups excluding carboxylic acids is 1. The lowest BCUT2D eigenvalue weighted by Gasteiger charge is -2.31. The fourth-order valence-electron chi connectivity index (χ4n) is 3.67. The zero-order valence-electron chi connectivity index (χ0n) is 16.9. The number of ether oxygens (including phenoxy) is 3. The second-order valence-electron chi connectivity index (χ2n) is 6.90. The van der Waals surface area contributed by atoms with Crippen molar-refractivity contribution in [1.29, 1.82) is 0 Å². The number of methoxy groups -OCH3 is 1. The third kappa shape index (κ3) is 4.24. The maximum absolute atomic E-state index is 12.4. The second-order valence-corrected chi connectivity index (χ2v) is 6.90. The summed E-state index contributed by atoms with van der Waals surface area (Å²) in [6, 6.07) is 14.1. The van der Waals surface area contributed by atoms with Crippen LogP contribution in [0.25, 0.3) is 0 Å². The second kappa shape index (κ2) is 9.49. The molecule has 1 aliphatic heterocycles. The van der Waals surface area contributed by atoms with Crippen molar-refractivity contribution in [3.63, 3.8) is 0 Å². The first-order chi connectivity index (χ1) is 13.7. The van der Waals surface area contributed by atoms with Crippen LogP contribution >= 0.6 is 0 Å². The molecule has 150 valence electrons. The molecule has 1 amide bonds. The molecule has 2 aromatic carbocycles. The lowest BCUT2D eigenvalue weighted by atomic mass is 9.85. The van der Waals surface area contributed by atoms with E-state index in [0.717, 1.165) is 47.6 Å². The molecule has 0 bridgehead atoms. The van der Waals surface area contributed by atoms with E-state index in [2.05, 4.69) is 19.1 Å². The summed E-state index contributed by atoms with van der Waals surface area (Å²) in [6.07, 6.45) is 2.56. The van der Waals surface area contributed by atoms with Crippen molar-refractivity contribution in [3.05, 3.63) is 53.6 Å². The normalized spacial score (nSPS) is 14.5. The lowest BCUT2D eigenvalue weighted by molar-refractivity contribution is 0.105. The summed E-state index contributed by atoms with van der Waals surface area (Å²) < 4.78 is 16.9. The highest BCUT2D eigenvalue weighted by Gasteiger charge is 2.30. The molecule has 0 saturated heterocycles. The van der Waals surface area contributed by atoms with E-state index in [9.17, 15) is 4.79 Å². The van der Waals surface area contributed by atoms with Gasteiger partial charge in [0.25, 0.3) is 0 Å². The molecule has 0 radical (unpaired) electrons. The predicted molar refractivity (Wildman–Crippen MR) is 109 cm³/mol. The molecule has 5 heteroatoms. The van der Waals surface area contributed by atoms with Crippen molar-refractivity contribution in [2.75, 3.05) is 26.8 Å². The maximum atomic E-state index is 12.4. The number of unbranched alkanes of at least 4 members (excludes halogenated alkanes) is 1. The van der Waals surface area contributed by atoms with E-state index in [4.69, 9.17) is 14.2 Å². The highest BCUT2D eigenvalue weighted by Crippen LogP contribution is 2.49. The number of rotatable bonds is 8. The zero-order valence-corrected chi connectivity index (χ0v) is 16.9. The van der Waals surface area contributed by atoms with Crippen LogP contribution in [0, 0.1) is 0 Å². The standard InChI is InChI=1S/C23H29NO4/c1-4-6-15-24(23(25)27-5-2)16-14-17-18-10-7-8-12-20(18)28-22-19(17)11-9-13-21(22)26-3/h7-13,17H,4-6,14-16H2,1-3H3. The van der Waals surface area contributed by atoms with Gasteiger partial charge in [0.2, 0.25) is 0 Å². The number of amides is 1. The molecule has 0 fully saturated rings. The number of nitrogens with zero attached hydrogens (tertiary/aromatic N) is 1. The molecule has 0 aromatic heterocycles. The quantitative estimate of drug-likeness (QED) is 0.597. The Morgan fingerprint density at radius 3 is 2.61 bits per heavy atom. The van der Waals surface area contributed by atoms with Gasteiger partial charge in [-0.15, -0.1) is 0 Å². The van der Waals surface area contributed by atoms with Crippen molar-refractivity contribution < 1.29 is 19.0 Å². The van der Waals surface area contributed by atoms with Crippen molar-refractivity contribution in [2.45, 2.75) is 39.0 Å². The zero-order chi connectivity index (χ0) is 19.9. The van der Waals surface area contributed by atoms with Crippen molar-refractivity contribution >= 4 is 6.09 Å². The molecule has 2 aromatic rings. The summed E-state index contributed by atoms with van der Waals surface area (Å²) in [7, 11) is 1.65. The number of carbonyl (C=O) groups is 1. The molecule has 0 N–H and O–H groups in total. The van der Waals surface area contributed by atoms with E-state index >= 15 is 0 Å². The van der Waals surface area contributed by atoms with Gasteiger partial charge in [-0.1, -0.05) is 43.7 Å². The molecular weight excluding hydrogens is 354 g/mol. The summed E-state index contributed by atoms with van der Waals surface area (Å²) in [4.78, 5) is 14.2. The van der Waals surface area contributed by atoms with Crippen molar-refractivity contribution in [2.24, 2.45) is 0 Å². The van der Waals surface area contributed by atoms with Crippen LogP contribution in [0.15, 0.2) is 42.5 Å². The SMILES string of the molecule is CCCCN(CCC1c2ccccc2Oc2c(OC)cccc21)C(=O)OCC. The van der Waals surface area contributed by atoms with Crippen molar-refractivity contribution in [3.8, 4) is 17.2 Å². The highest BCUT2D eigenvalue weighted by atomic mass is 16.6. The van der Waals surface area contributed by atoms with Crippen LogP contribution in [0.2, 0.25) is 0 Å². The van der Waals surface area contributed by atoms with Crippen LogP contribution in [-0.2, 0) is 4.74 Å². The summed E-state index contributed by atoms with van der Waals surface area (Å²) in [5, 5.41) is 0. The maximum Gasteiger partial charge on any atom is 0.409 e. The Kier molecular flexibility index (Phi) is 6.80. The Labute approximate surface area is 167 Å². The topological polar surface area (TPSA) is 48.0 Å². The molecule has 1 unspecified atom stereocenters. The largest absolute Gasteiger partial charge is 0.493 e. The van der Waals surface area contributed by atoms with Gasteiger partial charge in [-0.25, -0.2) is 4.79 Å². The van der Waals surface area contributed by atoms with Gasteiger partial charge >= 0.3 is 6.09 Å². The Morgan fingerprint density at radius 2 is 1.86 bits per heavy atom. The van der Waals surface area contributed by atoms with Gasteiger partial charge in [-0.3, -0.25) is 0 Å². The Morgan fingerprint density at radius 1 is 1.07 bits per heavy atom. The molecule has 5 nitrogen and oxygen atoms in total. The summed E-state index contributed by atoms with van der Waals surface area (Å²) >= 11 is 0. The van der Waals surface area contributed by atoms with Crippen LogP contribution in [0.4, 0.5) is 4.79 Å². The molecular formula is C23H29NO4. The Bertz CT molecular complexity index is 805. The summed E-state index contributed by atoms with van der Waals surface area (Å²) in [5.41, 5.74) is 2.24. The van der Waals surface area contributed by atoms with Crippen LogP contribution in [0.3, 0.4) is 0 Å². The van der Waals surface area contributed by atoms with E-state index < -0.39 is 0 Å². The Hall–Kier alpha value is -2.69. The Balaban J connectivity index is 1.87. The molecule has 1 atom stereocenters. The minimum absolute atomic E-state index is 0.133. The van der Waals surface area contributed by atoms with Gasteiger partial charge in [-0.05, 0) is 31.9 Å². The third-order valence-electron chi connectivity index (χ3n) is 5.11. The van der Waals surface area contributed by atoms with Gasteiger partial charge in [-0.2, -0.15) is 0 Å². The molecule has 1 aliphatic rings. The molecule has 0 saturated carbocycles. The van der Waals surface area contributed by atoms with E-state index in [1.165, 1.54) is 0 Å². The summed E-state index contributed by atoms with van der Waals surface area (Å²) in [6.45, 7) is 5.70. The lowest BCUT2D eigenvalue weighted by Crippen LogP contribution is -2.34. The minimum Gasteiger partial charge on any atom is -0.493 e. The number of fused-ring (bicyclic) bond motifs is 2. The van der Waals surface area contributed by atoms with Crippen molar-refractivity contribution in [1.82, 2.24) is 4.90 Å². The van der Waals surface area contributed by atoms with Crippen LogP contribution < -0.4 is 9.47 Å². The van der Waals surface area contributed by atoms with Gasteiger partial charge in [0.1, 0.15) is 5.75 Å². The fraction of sp³-hybridized carbons (Fsp3) is 0.435. The molecule has 1 heterocycles. The minimum atomic E-state index is -0.234. The first-order valence-electron chi connectivity index (χ1n) is 10.0. The van der Waals surface area contributed by atoms with E-state index in [-0.39, 0.29) is 12.0 Å². The first-order valence-corrected chi connectivity index (χ1v) is 10.0.